The highest BCUT2D eigenvalue weighted by molar-refractivity contribution is 9.10. The summed E-state index contributed by atoms with van der Waals surface area (Å²) in [5.41, 5.74) is 1.97. The molecule has 0 bridgehead atoms. The number of piperidine rings is 1. The van der Waals surface area contributed by atoms with Crippen molar-refractivity contribution < 1.29 is 9.53 Å². The molecule has 0 N–H and O–H groups in total. The molecule has 1 amide bonds. The summed E-state index contributed by atoms with van der Waals surface area (Å²) in [7, 11) is 0. The fourth-order valence-corrected chi connectivity index (χ4v) is 3.26. The Kier molecular flexibility index (Phi) is 6.05. The van der Waals surface area contributed by atoms with Gasteiger partial charge in [0.2, 0.25) is 0 Å². The lowest BCUT2D eigenvalue weighted by Gasteiger charge is -2.32. The third kappa shape index (κ3) is 4.68. The fourth-order valence-electron chi connectivity index (χ4n) is 3.00. The van der Waals surface area contributed by atoms with Crippen molar-refractivity contribution in [2.24, 2.45) is 5.92 Å². The molecule has 126 valence electrons. The van der Waals surface area contributed by atoms with Crippen LogP contribution in [-0.2, 0) is 11.3 Å². The van der Waals surface area contributed by atoms with Gasteiger partial charge in [-0.15, -0.1) is 0 Å². The van der Waals surface area contributed by atoms with E-state index in [1.165, 1.54) is 5.56 Å². The number of halogens is 1. The lowest BCUT2D eigenvalue weighted by molar-refractivity contribution is 0.0478. The predicted molar refractivity (Wildman–Crippen MR) is 98.9 cm³/mol. The maximum absolute atomic E-state index is 12.5. The molecule has 0 spiro atoms. The van der Waals surface area contributed by atoms with Crippen molar-refractivity contribution in [3.8, 4) is 0 Å². The second-order valence-electron chi connectivity index (χ2n) is 6.24. The Morgan fingerprint density at radius 1 is 1.04 bits per heavy atom. The van der Waals surface area contributed by atoms with Crippen LogP contribution in [0.5, 0.6) is 0 Å². The van der Waals surface area contributed by atoms with E-state index < -0.39 is 0 Å². The molecule has 4 heteroatoms. The molecular weight excluding hydrogens is 366 g/mol. The smallest absolute Gasteiger partial charge is 0.253 e. The molecule has 0 aromatic heterocycles. The fraction of sp³-hybridized carbons (Fsp3) is 0.350. The predicted octanol–water partition coefficient (Wildman–Crippen LogP) is 4.52. The first-order valence-corrected chi connectivity index (χ1v) is 9.18. The molecule has 0 saturated carbocycles. The van der Waals surface area contributed by atoms with E-state index in [4.69, 9.17) is 4.74 Å². The summed E-state index contributed by atoms with van der Waals surface area (Å²) in [6.45, 7) is 3.07. The first-order valence-electron chi connectivity index (χ1n) is 8.39. The van der Waals surface area contributed by atoms with E-state index in [1.54, 1.807) is 0 Å². The van der Waals surface area contributed by atoms with Crippen molar-refractivity contribution >= 4 is 21.8 Å². The van der Waals surface area contributed by atoms with Crippen LogP contribution in [-0.4, -0.2) is 30.5 Å². The Morgan fingerprint density at radius 2 is 1.71 bits per heavy atom. The standard InChI is InChI=1S/C20H22BrNO2/c21-19-8-6-18(7-9-19)20(23)22-12-10-17(11-13-22)15-24-14-16-4-2-1-3-5-16/h1-9,17H,10-15H2. The number of amides is 1. The van der Waals surface area contributed by atoms with Crippen LogP contribution < -0.4 is 0 Å². The molecule has 1 fully saturated rings. The molecule has 0 aliphatic carbocycles. The van der Waals surface area contributed by atoms with Gasteiger partial charge < -0.3 is 9.64 Å². The van der Waals surface area contributed by atoms with Crippen LogP contribution in [0.1, 0.15) is 28.8 Å². The Balaban J connectivity index is 1.42. The van der Waals surface area contributed by atoms with Crippen molar-refractivity contribution in [1.82, 2.24) is 4.90 Å². The van der Waals surface area contributed by atoms with Gasteiger partial charge in [-0.05, 0) is 48.6 Å². The summed E-state index contributed by atoms with van der Waals surface area (Å²) in [6, 6.07) is 17.8. The van der Waals surface area contributed by atoms with Gasteiger partial charge in [-0.25, -0.2) is 0 Å². The normalized spacial score (nSPS) is 15.5. The number of hydrogen-bond acceptors (Lipinski definition) is 2. The molecule has 1 aliphatic heterocycles. The van der Waals surface area contributed by atoms with Gasteiger partial charge in [-0.1, -0.05) is 46.3 Å². The third-order valence-electron chi connectivity index (χ3n) is 4.46. The number of carbonyl (C=O) groups is 1. The second-order valence-corrected chi connectivity index (χ2v) is 7.16. The lowest BCUT2D eigenvalue weighted by Crippen LogP contribution is -2.39. The largest absolute Gasteiger partial charge is 0.376 e. The minimum atomic E-state index is 0.131. The van der Waals surface area contributed by atoms with Crippen molar-refractivity contribution in [2.75, 3.05) is 19.7 Å². The minimum absolute atomic E-state index is 0.131. The van der Waals surface area contributed by atoms with E-state index in [2.05, 4.69) is 28.1 Å². The zero-order chi connectivity index (χ0) is 16.8. The number of ether oxygens (including phenoxy) is 1. The quantitative estimate of drug-likeness (QED) is 0.754. The molecule has 3 nitrogen and oxygen atoms in total. The number of benzene rings is 2. The highest BCUT2D eigenvalue weighted by Crippen LogP contribution is 2.20. The number of carbonyl (C=O) groups excluding carboxylic acids is 1. The Bertz CT molecular complexity index is 649. The summed E-state index contributed by atoms with van der Waals surface area (Å²) < 4.78 is 6.84. The molecule has 0 atom stereocenters. The van der Waals surface area contributed by atoms with Crippen LogP contribution in [0.3, 0.4) is 0 Å². The van der Waals surface area contributed by atoms with Crippen LogP contribution in [0, 0.1) is 5.92 Å². The molecule has 2 aromatic rings. The van der Waals surface area contributed by atoms with Gasteiger partial charge in [0.15, 0.2) is 0 Å². The first kappa shape index (κ1) is 17.2. The average Bonchev–Trinajstić information content (AvgIpc) is 2.63. The summed E-state index contributed by atoms with van der Waals surface area (Å²) in [5, 5.41) is 0. The van der Waals surface area contributed by atoms with E-state index in [9.17, 15) is 4.79 Å². The van der Waals surface area contributed by atoms with Gasteiger partial charge >= 0.3 is 0 Å². The number of rotatable bonds is 5. The van der Waals surface area contributed by atoms with Crippen molar-refractivity contribution in [3.05, 3.63) is 70.2 Å². The van der Waals surface area contributed by atoms with Gasteiger partial charge in [-0.3, -0.25) is 4.79 Å². The summed E-state index contributed by atoms with van der Waals surface area (Å²) >= 11 is 3.40. The van der Waals surface area contributed by atoms with Crippen LogP contribution in [0.4, 0.5) is 0 Å². The molecule has 0 unspecified atom stereocenters. The van der Waals surface area contributed by atoms with Gasteiger partial charge in [0.25, 0.3) is 5.91 Å². The highest BCUT2D eigenvalue weighted by Gasteiger charge is 2.23. The molecule has 1 aliphatic rings. The van der Waals surface area contributed by atoms with Crippen LogP contribution >= 0.6 is 15.9 Å². The number of likely N-dealkylation sites (tertiary alicyclic amines) is 1. The van der Waals surface area contributed by atoms with Crippen LogP contribution in [0.2, 0.25) is 0 Å². The van der Waals surface area contributed by atoms with Crippen LogP contribution in [0.25, 0.3) is 0 Å². The van der Waals surface area contributed by atoms with Crippen molar-refractivity contribution in [2.45, 2.75) is 19.4 Å². The van der Waals surface area contributed by atoms with Crippen LogP contribution in [0.15, 0.2) is 59.1 Å². The van der Waals surface area contributed by atoms with Crippen molar-refractivity contribution in [3.63, 3.8) is 0 Å². The van der Waals surface area contributed by atoms with Gasteiger partial charge in [0.1, 0.15) is 0 Å². The Hall–Kier alpha value is -1.65. The van der Waals surface area contributed by atoms with E-state index in [0.717, 1.165) is 42.6 Å². The minimum Gasteiger partial charge on any atom is -0.376 e. The zero-order valence-electron chi connectivity index (χ0n) is 13.7. The Morgan fingerprint density at radius 3 is 2.38 bits per heavy atom. The molecule has 2 aromatic carbocycles. The third-order valence-corrected chi connectivity index (χ3v) is 4.99. The van der Waals surface area contributed by atoms with E-state index in [-0.39, 0.29) is 5.91 Å². The number of nitrogens with zero attached hydrogens (tertiary/aromatic N) is 1. The molecular formula is C20H22BrNO2. The molecule has 24 heavy (non-hydrogen) atoms. The molecule has 1 heterocycles. The van der Waals surface area contributed by atoms with Gasteiger partial charge in [0.05, 0.1) is 6.61 Å². The van der Waals surface area contributed by atoms with Gasteiger partial charge in [0, 0.05) is 29.7 Å². The topological polar surface area (TPSA) is 29.5 Å². The van der Waals surface area contributed by atoms with Crippen molar-refractivity contribution in [1.29, 1.82) is 0 Å². The highest BCUT2D eigenvalue weighted by atomic mass is 79.9. The van der Waals surface area contributed by atoms with E-state index >= 15 is 0 Å². The number of hydrogen-bond donors (Lipinski definition) is 0. The maximum atomic E-state index is 12.5. The summed E-state index contributed by atoms with van der Waals surface area (Å²) in [6.07, 6.45) is 2.02. The monoisotopic (exact) mass is 387 g/mol. The SMILES string of the molecule is O=C(c1ccc(Br)cc1)N1CCC(COCc2ccccc2)CC1. The lowest BCUT2D eigenvalue weighted by atomic mass is 9.97. The molecule has 1 saturated heterocycles. The molecule has 0 radical (unpaired) electrons. The summed E-state index contributed by atoms with van der Waals surface area (Å²) in [4.78, 5) is 14.5. The Labute approximate surface area is 151 Å². The zero-order valence-corrected chi connectivity index (χ0v) is 15.2. The second kappa shape index (κ2) is 8.45. The van der Waals surface area contributed by atoms with E-state index in [1.807, 2.05) is 47.4 Å². The average molecular weight is 388 g/mol. The van der Waals surface area contributed by atoms with E-state index in [0.29, 0.717) is 12.5 Å². The first-order chi connectivity index (χ1) is 11.7. The maximum Gasteiger partial charge on any atom is 0.253 e. The molecule has 3 rings (SSSR count). The van der Waals surface area contributed by atoms with Gasteiger partial charge in [-0.2, -0.15) is 0 Å². The summed E-state index contributed by atoms with van der Waals surface area (Å²) in [5.74, 6) is 0.675.